The number of benzene rings is 4. The van der Waals surface area contributed by atoms with E-state index in [2.05, 4.69) is 140 Å². The Morgan fingerprint density at radius 1 is 0.682 bits per heavy atom. The van der Waals surface area contributed by atoms with Crippen LogP contribution in [0, 0.1) is 0 Å². The van der Waals surface area contributed by atoms with Crippen molar-refractivity contribution in [3.63, 3.8) is 0 Å². The largest absolute Gasteiger partial charge is 0.256 e. The Morgan fingerprint density at radius 2 is 1.30 bits per heavy atom. The van der Waals surface area contributed by atoms with Gasteiger partial charge in [-0.1, -0.05) is 153 Å². The number of pyridine rings is 1. The van der Waals surface area contributed by atoms with Crippen LogP contribution in [0.2, 0.25) is 0 Å². The van der Waals surface area contributed by atoms with E-state index in [9.17, 15) is 0 Å². The molecule has 1 atom stereocenters. The van der Waals surface area contributed by atoms with Crippen LogP contribution in [0.1, 0.15) is 29.0 Å². The lowest BCUT2D eigenvalue weighted by atomic mass is 9.82. The van der Waals surface area contributed by atoms with Crippen molar-refractivity contribution >= 4 is 21.5 Å². The van der Waals surface area contributed by atoms with Gasteiger partial charge in [0.15, 0.2) is 0 Å². The van der Waals surface area contributed by atoms with Gasteiger partial charge in [0.2, 0.25) is 0 Å². The number of hydrogen-bond acceptors (Lipinski definition) is 1. The third kappa shape index (κ3) is 6.23. The van der Waals surface area contributed by atoms with E-state index >= 15 is 0 Å². The SMILES string of the molecule is C=CC(/C=C\Cc1ccc(-c2ccccn2)cc1)=C(C=C)\C=C/Cc1c2ccccc2c(C2C=CC=CC2)c2ccccc12. The maximum absolute atomic E-state index is 4.45. The fourth-order valence-electron chi connectivity index (χ4n) is 6.20. The lowest BCUT2D eigenvalue weighted by molar-refractivity contribution is 0.869. The van der Waals surface area contributed by atoms with Crippen molar-refractivity contribution in [2.75, 3.05) is 0 Å². The zero-order chi connectivity index (χ0) is 30.1. The molecular formula is C43H37N. The number of nitrogens with zero attached hydrogens (tertiary/aromatic N) is 1. The summed E-state index contributed by atoms with van der Waals surface area (Å²) in [5, 5.41) is 5.36. The van der Waals surface area contributed by atoms with Crippen LogP contribution in [-0.4, -0.2) is 4.98 Å². The van der Waals surface area contributed by atoms with Crippen LogP contribution in [0.5, 0.6) is 0 Å². The maximum atomic E-state index is 4.45. The second-order valence-electron chi connectivity index (χ2n) is 11.1. The van der Waals surface area contributed by atoms with E-state index in [0.717, 1.165) is 41.7 Å². The molecule has 4 aromatic carbocycles. The molecule has 1 heterocycles. The molecule has 44 heavy (non-hydrogen) atoms. The summed E-state index contributed by atoms with van der Waals surface area (Å²) in [6.45, 7) is 8.21. The highest BCUT2D eigenvalue weighted by molar-refractivity contribution is 6.06. The molecule has 0 saturated carbocycles. The van der Waals surface area contributed by atoms with Crippen molar-refractivity contribution in [3.05, 3.63) is 199 Å². The van der Waals surface area contributed by atoms with Crippen LogP contribution in [0.25, 0.3) is 32.8 Å². The van der Waals surface area contributed by atoms with E-state index in [0.29, 0.717) is 5.92 Å². The summed E-state index contributed by atoms with van der Waals surface area (Å²) < 4.78 is 0. The summed E-state index contributed by atoms with van der Waals surface area (Å²) in [5.41, 5.74) is 8.28. The molecule has 1 aliphatic rings. The predicted octanol–water partition coefficient (Wildman–Crippen LogP) is 11.2. The molecule has 0 spiro atoms. The Kier molecular flexibility index (Phi) is 9.04. The van der Waals surface area contributed by atoms with Crippen LogP contribution in [0.4, 0.5) is 0 Å². The summed E-state index contributed by atoms with van der Waals surface area (Å²) >= 11 is 0. The molecule has 214 valence electrons. The van der Waals surface area contributed by atoms with Gasteiger partial charge in [0.25, 0.3) is 0 Å². The molecule has 0 saturated heterocycles. The highest BCUT2D eigenvalue weighted by Gasteiger charge is 2.18. The lowest BCUT2D eigenvalue weighted by Crippen LogP contribution is -2.01. The Morgan fingerprint density at radius 3 is 1.86 bits per heavy atom. The smallest absolute Gasteiger partial charge is 0.0701 e. The first kappa shape index (κ1) is 28.8. The van der Waals surface area contributed by atoms with Gasteiger partial charge in [0, 0.05) is 17.7 Å². The minimum absolute atomic E-state index is 0.385. The first-order valence-electron chi connectivity index (χ1n) is 15.3. The average Bonchev–Trinajstić information content (AvgIpc) is 3.09. The number of hydrogen-bond donors (Lipinski definition) is 0. The van der Waals surface area contributed by atoms with Gasteiger partial charge < -0.3 is 0 Å². The summed E-state index contributed by atoms with van der Waals surface area (Å²) in [5.74, 6) is 0.385. The fraction of sp³-hybridized carbons (Fsp3) is 0.0930. The number of allylic oxidation sites excluding steroid dienone is 12. The minimum Gasteiger partial charge on any atom is -0.256 e. The first-order valence-corrected chi connectivity index (χ1v) is 15.3. The van der Waals surface area contributed by atoms with Crippen LogP contribution in [0.15, 0.2) is 182 Å². The molecule has 1 aliphatic carbocycles. The highest BCUT2D eigenvalue weighted by Crippen LogP contribution is 2.40. The molecule has 1 heteroatoms. The Bertz CT molecular complexity index is 1890. The normalized spacial score (nSPS) is 15.3. The predicted molar refractivity (Wildman–Crippen MR) is 190 cm³/mol. The standard InChI is InChI=1S/C43H37N/c1-3-33(19-14-16-32-27-29-35(30-28-32)42-26-12-13-31-44-42)34(4-2)20-15-25-37-38-21-8-10-23-40(38)43(36-17-6-5-7-18-36)41-24-11-9-22-39(37)41/h3-15,17,19-24,26-31,36H,1-2,16,18,25H2/b19-14-,20-15-,34-33+. The molecule has 0 radical (unpaired) electrons. The number of fused-ring (bicyclic) bond motifs is 2. The van der Waals surface area contributed by atoms with Crippen molar-refractivity contribution in [3.8, 4) is 11.3 Å². The van der Waals surface area contributed by atoms with Crippen molar-refractivity contribution in [2.24, 2.45) is 0 Å². The quantitative estimate of drug-likeness (QED) is 0.121. The van der Waals surface area contributed by atoms with Crippen molar-refractivity contribution < 1.29 is 0 Å². The highest BCUT2D eigenvalue weighted by atomic mass is 14.7. The van der Waals surface area contributed by atoms with Gasteiger partial charge in [-0.2, -0.15) is 0 Å². The molecule has 1 aromatic heterocycles. The molecule has 0 fully saturated rings. The Hall–Kier alpha value is -5.27. The molecule has 0 bridgehead atoms. The number of rotatable bonds is 10. The molecule has 6 rings (SSSR count). The van der Waals surface area contributed by atoms with Crippen LogP contribution < -0.4 is 0 Å². The lowest BCUT2D eigenvalue weighted by Gasteiger charge is -2.21. The third-order valence-corrected chi connectivity index (χ3v) is 8.39. The molecule has 0 amide bonds. The number of aromatic nitrogens is 1. The van der Waals surface area contributed by atoms with E-state index in [1.807, 2.05) is 36.5 Å². The molecule has 1 unspecified atom stereocenters. The Balaban J connectivity index is 1.25. The summed E-state index contributed by atoms with van der Waals surface area (Å²) in [6, 6.07) is 32.4. The fourth-order valence-corrected chi connectivity index (χ4v) is 6.20. The monoisotopic (exact) mass is 567 g/mol. The molecule has 5 aromatic rings. The van der Waals surface area contributed by atoms with Gasteiger partial charge in [0.1, 0.15) is 0 Å². The van der Waals surface area contributed by atoms with E-state index in [1.165, 1.54) is 38.2 Å². The maximum Gasteiger partial charge on any atom is 0.0701 e. The zero-order valence-electron chi connectivity index (χ0n) is 25.1. The molecule has 0 N–H and O–H groups in total. The second-order valence-corrected chi connectivity index (χ2v) is 11.1. The van der Waals surface area contributed by atoms with E-state index in [-0.39, 0.29) is 0 Å². The van der Waals surface area contributed by atoms with Gasteiger partial charge in [-0.3, -0.25) is 4.98 Å². The second kappa shape index (κ2) is 13.8. The zero-order valence-corrected chi connectivity index (χ0v) is 25.1. The minimum atomic E-state index is 0.385. The van der Waals surface area contributed by atoms with E-state index in [4.69, 9.17) is 0 Å². The van der Waals surface area contributed by atoms with Gasteiger partial charge in [-0.05, 0) is 80.8 Å². The van der Waals surface area contributed by atoms with Gasteiger partial charge in [0.05, 0.1) is 5.69 Å². The van der Waals surface area contributed by atoms with Gasteiger partial charge in [-0.25, -0.2) is 0 Å². The average molecular weight is 568 g/mol. The van der Waals surface area contributed by atoms with Crippen LogP contribution in [-0.2, 0) is 12.8 Å². The van der Waals surface area contributed by atoms with E-state index in [1.54, 1.807) is 0 Å². The summed E-state index contributed by atoms with van der Waals surface area (Å²) in [7, 11) is 0. The summed E-state index contributed by atoms with van der Waals surface area (Å²) in [4.78, 5) is 4.45. The Labute approximate surface area is 261 Å². The topological polar surface area (TPSA) is 12.9 Å². The van der Waals surface area contributed by atoms with E-state index < -0.39 is 0 Å². The van der Waals surface area contributed by atoms with Gasteiger partial charge in [-0.15, -0.1) is 0 Å². The van der Waals surface area contributed by atoms with Crippen molar-refractivity contribution in [1.82, 2.24) is 4.98 Å². The van der Waals surface area contributed by atoms with Gasteiger partial charge >= 0.3 is 0 Å². The molecule has 1 nitrogen and oxygen atoms in total. The van der Waals surface area contributed by atoms with Crippen LogP contribution in [0.3, 0.4) is 0 Å². The molecule has 0 aliphatic heterocycles. The first-order chi connectivity index (χ1) is 21.8. The van der Waals surface area contributed by atoms with Crippen molar-refractivity contribution in [1.29, 1.82) is 0 Å². The van der Waals surface area contributed by atoms with Crippen molar-refractivity contribution in [2.45, 2.75) is 25.2 Å². The summed E-state index contributed by atoms with van der Waals surface area (Å²) in [6.07, 6.45) is 26.1. The van der Waals surface area contributed by atoms with Crippen LogP contribution >= 0.6 is 0 Å². The molecular weight excluding hydrogens is 530 g/mol. The third-order valence-electron chi connectivity index (χ3n) is 8.39.